The molecule has 0 fully saturated rings. The van der Waals surface area contributed by atoms with Crippen LogP contribution in [0.1, 0.15) is 10.4 Å². The molecule has 1 aromatic heterocycles. The largest absolute Gasteiger partial charge is 0.422 e. The van der Waals surface area contributed by atoms with Gasteiger partial charge in [0.05, 0.1) is 12.4 Å². The van der Waals surface area contributed by atoms with E-state index in [1.54, 1.807) is 48.8 Å². The lowest BCUT2D eigenvalue weighted by atomic mass is 10.1. The highest BCUT2D eigenvalue weighted by Crippen LogP contribution is 2.00. The molecular weight excluding hydrogens is 216 g/mol. The highest BCUT2D eigenvalue weighted by atomic mass is 16.4. The first-order chi connectivity index (χ1) is 8.33. The first kappa shape index (κ1) is 11.0. The molecule has 0 spiro atoms. The van der Waals surface area contributed by atoms with Gasteiger partial charge in [0.1, 0.15) is 0 Å². The van der Waals surface area contributed by atoms with Crippen LogP contribution in [0.15, 0.2) is 66.1 Å². The molecule has 0 radical (unpaired) electrons. The Labute approximate surface area is 98.5 Å². The van der Waals surface area contributed by atoms with Crippen molar-refractivity contribution in [1.82, 2.24) is 0 Å². The lowest BCUT2D eigenvalue weighted by Crippen LogP contribution is -2.47. The zero-order valence-electron chi connectivity index (χ0n) is 9.02. The number of rotatable bonds is 2. The standard InChI is InChI=1S/C13H10N2O2/c16-12(11-7-3-1-4-8-11)13(14-17)15-9-5-2-6-10-15/h1-10H/p+1. The van der Waals surface area contributed by atoms with Crippen LogP contribution in [0.2, 0.25) is 0 Å². The monoisotopic (exact) mass is 227 g/mol. The summed E-state index contributed by atoms with van der Waals surface area (Å²) in [5.41, 5.74) is 0.483. The van der Waals surface area contributed by atoms with E-state index in [9.17, 15) is 4.79 Å². The molecule has 4 heteroatoms. The van der Waals surface area contributed by atoms with Crippen LogP contribution in [0.25, 0.3) is 0 Å². The highest BCUT2D eigenvalue weighted by molar-refractivity contribution is 6.41. The first-order valence-electron chi connectivity index (χ1n) is 5.11. The number of carbonyl (C=O) groups is 1. The second-order valence-corrected chi connectivity index (χ2v) is 3.40. The van der Waals surface area contributed by atoms with E-state index in [0.29, 0.717) is 5.56 Å². The molecule has 0 bridgehead atoms. The van der Waals surface area contributed by atoms with Crippen LogP contribution in [0.4, 0.5) is 0 Å². The number of ketones is 1. The van der Waals surface area contributed by atoms with Gasteiger partial charge in [0.2, 0.25) is 0 Å². The fraction of sp³-hybridized carbons (Fsp3) is 0. The van der Waals surface area contributed by atoms with Gasteiger partial charge in [-0.15, -0.1) is 0 Å². The predicted molar refractivity (Wildman–Crippen MR) is 62.0 cm³/mol. The van der Waals surface area contributed by atoms with E-state index < -0.39 is 0 Å². The normalized spacial score (nSPS) is 11.2. The van der Waals surface area contributed by atoms with Crippen LogP contribution in [0.3, 0.4) is 0 Å². The highest BCUT2D eigenvalue weighted by Gasteiger charge is 2.24. The molecule has 0 saturated heterocycles. The van der Waals surface area contributed by atoms with Crippen LogP contribution >= 0.6 is 0 Å². The Balaban J connectivity index is 2.37. The molecule has 4 nitrogen and oxygen atoms in total. The van der Waals surface area contributed by atoms with E-state index >= 15 is 0 Å². The van der Waals surface area contributed by atoms with E-state index in [-0.39, 0.29) is 11.6 Å². The van der Waals surface area contributed by atoms with Gasteiger partial charge in [0, 0.05) is 5.56 Å². The maximum absolute atomic E-state index is 12.1. The number of carbonyl (C=O) groups excluding carboxylic acids is 1. The number of Topliss-reactive ketones (excluding diaryl/α,β-unsaturated/α-hetero) is 1. The fourth-order valence-corrected chi connectivity index (χ4v) is 1.47. The van der Waals surface area contributed by atoms with Gasteiger partial charge in [-0.3, -0.25) is 4.79 Å². The summed E-state index contributed by atoms with van der Waals surface area (Å²) in [5, 5.41) is 12.0. The molecule has 1 N–H and O–H groups in total. The Morgan fingerprint density at radius 3 is 2.18 bits per heavy atom. The number of hydrogen-bond acceptors (Lipinski definition) is 3. The molecule has 2 rings (SSSR count). The molecule has 17 heavy (non-hydrogen) atoms. The summed E-state index contributed by atoms with van der Waals surface area (Å²) in [4.78, 5) is 12.1. The van der Waals surface area contributed by atoms with Crippen LogP contribution in [-0.4, -0.2) is 16.8 Å². The Morgan fingerprint density at radius 2 is 1.59 bits per heavy atom. The summed E-state index contributed by atoms with van der Waals surface area (Å²) in [5.74, 6) is -0.360. The van der Waals surface area contributed by atoms with Crippen LogP contribution in [0.5, 0.6) is 0 Å². The summed E-state index contributed by atoms with van der Waals surface area (Å²) in [6.45, 7) is 0. The SMILES string of the molecule is O=C(/C(=N/O)[n+]1ccccc1)c1ccccc1. The van der Waals surface area contributed by atoms with Gasteiger partial charge in [0.25, 0.3) is 5.78 Å². The molecule has 0 atom stereocenters. The van der Waals surface area contributed by atoms with Crippen molar-refractivity contribution in [3.63, 3.8) is 0 Å². The quantitative estimate of drug-likeness (QED) is 0.211. The number of pyridine rings is 1. The average molecular weight is 227 g/mol. The minimum Gasteiger partial charge on any atom is -0.313 e. The number of oxime groups is 1. The fourth-order valence-electron chi connectivity index (χ4n) is 1.47. The van der Waals surface area contributed by atoms with Crippen molar-refractivity contribution in [3.8, 4) is 0 Å². The minimum atomic E-state index is -0.329. The summed E-state index contributed by atoms with van der Waals surface area (Å²) in [7, 11) is 0. The molecule has 0 unspecified atom stereocenters. The molecule has 1 heterocycles. The van der Waals surface area contributed by atoms with E-state index in [2.05, 4.69) is 5.16 Å². The third-order valence-electron chi connectivity index (χ3n) is 2.29. The Hall–Kier alpha value is -2.49. The lowest BCUT2D eigenvalue weighted by molar-refractivity contribution is -0.554. The summed E-state index contributed by atoms with van der Waals surface area (Å²) in [6.07, 6.45) is 3.30. The second-order valence-electron chi connectivity index (χ2n) is 3.40. The maximum atomic E-state index is 12.1. The second kappa shape index (κ2) is 5.03. The summed E-state index contributed by atoms with van der Waals surface area (Å²) in [6, 6.07) is 14.0. The molecule has 0 saturated carbocycles. The Kier molecular flexibility index (Phi) is 3.25. The third-order valence-corrected chi connectivity index (χ3v) is 2.29. The molecular formula is C13H11N2O2+. The Bertz CT molecular complexity index is 536. The summed E-state index contributed by atoms with van der Waals surface area (Å²) < 4.78 is 1.47. The number of nitrogens with zero attached hydrogens (tertiary/aromatic N) is 2. The van der Waals surface area contributed by atoms with E-state index in [4.69, 9.17) is 5.21 Å². The average Bonchev–Trinajstić information content (AvgIpc) is 2.42. The first-order valence-corrected chi connectivity index (χ1v) is 5.11. The van der Waals surface area contributed by atoms with Crippen LogP contribution in [0, 0.1) is 0 Å². The van der Waals surface area contributed by atoms with Crippen molar-refractivity contribution < 1.29 is 14.6 Å². The number of hydrogen-bond donors (Lipinski definition) is 1. The van der Waals surface area contributed by atoms with Gasteiger partial charge in [-0.1, -0.05) is 36.4 Å². The van der Waals surface area contributed by atoms with E-state index in [1.807, 2.05) is 12.1 Å². The zero-order valence-corrected chi connectivity index (χ0v) is 9.02. The van der Waals surface area contributed by atoms with Crippen molar-refractivity contribution in [2.45, 2.75) is 0 Å². The predicted octanol–water partition coefficient (Wildman–Crippen LogP) is 1.49. The lowest BCUT2D eigenvalue weighted by Gasteiger charge is -1.98. The van der Waals surface area contributed by atoms with Gasteiger partial charge in [-0.2, -0.15) is 4.57 Å². The topological polar surface area (TPSA) is 53.5 Å². The van der Waals surface area contributed by atoms with E-state index in [1.165, 1.54) is 4.57 Å². The van der Waals surface area contributed by atoms with Crippen LogP contribution in [-0.2, 0) is 0 Å². The van der Waals surface area contributed by atoms with E-state index in [0.717, 1.165) is 0 Å². The molecule has 0 aliphatic heterocycles. The smallest absolute Gasteiger partial charge is 0.313 e. The van der Waals surface area contributed by atoms with Gasteiger partial charge in [-0.25, -0.2) is 0 Å². The van der Waals surface area contributed by atoms with Crippen molar-refractivity contribution in [3.05, 3.63) is 66.5 Å². The van der Waals surface area contributed by atoms with Crippen molar-refractivity contribution in [2.75, 3.05) is 0 Å². The van der Waals surface area contributed by atoms with Gasteiger partial charge in [-0.05, 0) is 12.1 Å². The molecule has 2 aromatic rings. The summed E-state index contributed by atoms with van der Waals surface area (Å²) >= 11 is 0. The molecule has 0 amide bonds. The molecule has 1 aromatic carbocycles. The van der Waals surface area contributed by atoms with Crippen molar-refractivity contribution in [2.24, 2.45) is 5.16 Å². The van der Waals surface area contributed by atoms with Gasteiger partial charge < -0.3 is 5.21 Å². The third kappa shape index (κ3) is 2.36. The van der Waals surface area contributed by atoms with Gasteiger partial charge >= 0.3 is 5.84 Å². The number of aromatic nitrogens is 1. The van der Waals surface area contributed by atoms with Crippen LogP contribution < -0.4 is 4.57 Å². The van der Waals surface area contributed by atoms with Crippen molar-refractivity contribution >= 4 is 11.6 Å². The maximum Gasteiger partial charge on any atom is 0.422 e. The van der Waals surface area contributed by atoms with Crippen molar-refractivity contribution in [1.29, 1.82) is 0 Å². The molecule has 84 valence electrons. The number of benzene rings is 1. The minimum absolute atomic E-state index is 0.0307. The Morgan fingerprint density at radius 1 is 1.00 bits per heavy atom. The zero-order chi connectivity index (χ0) is 12.1. The molecule has 0 aliphatic carbocycles. The molecule has 0 aliphatic rings. The van der Waals surface area contributed by atoms with Gasteiger partial charge in [0.15, 0.2) is 5.16 Å².